The molecule has 0 aliphatic heterocycles. The molecule has 1 aromatic carbocycles. The Morgan fingerprint density at radius 2 is 1.62 bits per heavy atom. The molecule has 0 aliphatic carbocycles. The molecule has 0 saturated heterocycles. The third-order valence-corrected chi connectivity index (χ3v) is 3.39. The lowest BCUT2D eigenvalue weighted by Crippen LogP contribution is -2.37. The first-order chi connectivity index (χ1) is 11.2. The lowest BCUT2D eigenvalue weighted by Gasteiger charge is -2.11. The predicted molar refractivity (Wildman–Crippen MR) is 112 cm³/mol. The molecule has 0 aliphatic rings. The van der Waals surface area contributed by atoms with Gasteiger partial charge in [0.25, 0.3) is 5.91 Å². The first-order valence-electron chi connectivity index (χ1n) is 8.60. The fourth-order valence-corrected chi connectivity index (χ4v) is 2.12. The van der Waals surface area contributed by atoms with Crippen molar-refractivity contribution in [2.24, 2.45) is 4.99 Å². The van der Waals surface area contributed by atoms with Crippen LogP contribution in [0.3, 0.4) is 0 Å². The monoisotopic (exact) mass is 446 g/mol. The Labute approximate surface area is 163 Å². The van der Waals surface area contributed by atoms with Crippen LogP contribution in [0.4, 0.5) is 0 Å². The number of benzene rings is 1. The number of carbonyl (C=O) groups excluding carboxylic acids is 1. The number of aliphatic imine (C=N–C) groups is 1. The smallest absolute Gasteiger partial charge is 0.251 e. The number of nitrogens with zero attached hydrogens (tertiary/aromatic N) is 1. The highest BCUT2D eigenvalue weighted by atomic mass is 127. The SMILES string of the molecule is CCCCCNC(=NCc1ccc(C(=O)NCC)cc1)NCC.I. The van der Waals surface area contributed by atoms with Gasteiger partial charge in [0.2, 0.25) is 0 Å². The van der Waals surface area contributed by atoms with E-state index in [2.05, 4.69) is 34.8 Å². The number of unbranched alkanes of at least 4 members (excludes halogenated alkanes) is 2. The summed E-state index contributed by atoms with van der Waals surface area (Å²) in [5.74, 6) is 0.810. The maximum absolute atomic E-state index is 11.7. The third kappa shape index (κ3) is 9.10. The Hall–Kier alpha value is -1.31. The van der Waals surface area contributed by atoms with E-state index >= 15 is 0 Å². The van der Waals surface area contributed by atoms with E-state index in [-0.39, 0.29) is 29.9 Å². The fraction of sp³-hybridized carbons (Fsp3) is 0.556. The minimum atomic E-state index is -0.0338. The molecule has 1 amide bonds. The van der Waals surface area contributed by atoms with E-state index in [1.165, 1.54) is 12.8 Å². The van der Waals surface area contributed by atoms with Crippen LogP contribution in [-0.2, 0) is 6.54 Å². The van der Waals surface area contributed by atoms with Gasteiger partial charge in [0.1, 0.15) is 0 Å². The van der Waals surface area contributed by atoms with Gasteiger partial charge in [-0.15, -0.1) is 24.0 Å². The predicted octanol–water partition coefficient (Wildman–Crippen LogP) is 3.30. The van der Waals surface area contributed by atoms with E-state index in [0.717, 1.165) is 31.0 Å². The average molecular weight is 446 g/mol. The number of hydrogen-bond acceptors (Lipinski definition) is 2. The number of amides is 1. The van der Waals surface area contributed by atoms with Gasteiger partial charge in [0.05, 0.1) is 6.54 Å². The normalized spacial score (nSPS) is 10.7. The molecule has 0 fully saturated rings. The molecule has 0 radical (unpaired) electrons. The zero-order valence-electron chi connectivity index (χ0n) is 15.0. The van der Waals surface area contributed by atoms with Gasteiger partial charge in [-0.1, -0.05) is 31.9 Å². The molecule has 0 heterocycles. The van der Waals surface area contributed by atoms with Gasteiger partial charge in [-0.05, 0) is 38.0 Å². The summed E-state index contributed by atoms with van der Waals surface area (Å²) in [7, 11) is 0. The van der Waals surface area contributed by atoms with Crippen molar-refractivity contribution in [2.75, 3.05) is 19.6 Å². The molecule has 0 saturated carbocycles. The number of carbonyl (C=O) groups is 1. The van der Waals surface area contributed by atoms with Crippen LogP contribution in [0.2, 0.25) is 0 Å². The summed E-state index contributed by atoms with van der Waals surface area (Å²) in [6, 6.07) is 7.60. The van der Waals surface area contributed by atoms with Crippen molar-refractivity contribution in [1.29, 1.82) is 0 Å². The molecule has 0 bridgehead atoms. The summed E-state index contributed by atoms with van der Waals surface area (Å²) >= 11 is 0. The zero-order valence-corrected chi connectivity index (χ0v) is 17.4. The Kier molecular flexibility index (Phi) is 13.3. The van der Waals surface area contributed by atoms with Crippen molar-refractivity contribution in [3.05, 3.63) is 35.4 Å². The topological polar surface area (TPSA) is 65.5 Å². The second-order valence-electron chi connectivity index (χ2n) is 5.39. The summed E-state index contributed by atoms with van der Waals surface area (Å²) in [5.41, 5.74) is 1.77. The molecular formula is C18H31IN4O. The molecule has 0 spiro atoms. The lowest BCUT2D eigenvalue weighted by molar-refractivity contribution is 0.0956. The van der Waals surface area contributed by atoms with Crippen molar-refractivity contribution in [1.82, 2.24) is 16.0 Å². The highest BCUT2D eigenvalue weighted by Crippen LogP contribution is 2.06. The summed E-state index contributed by atoms with van der Waals surface area (Å²) in [6.07, 6.45) is 3.60. The molecule has 24 heavy (non-hydrogen) atoms. The van der Waals surface area contributed by atoms with Crippen molar-refractivity contribution in [3.63, 3.8) is 0 Å². The lowest BCUT2D eigenvalue weighted by atomic mass is 10.1. The van der Waals surface area contributed by atoms with E-state index < -0.39 is 0 Å². The van der Waals surface area contributed by atoms with Crippen LogP contribution in [0.5, 0.6) is 0 Å². The van der Waals surface area contributed by atoms with E-state index in [9.17, 15) is 4.79 Å². The molecule has 5 nitrogen and oxygen atoms in total. The number of rotatable bonds is 9. The van der Waals surface area contributed by atoms with Crippen LogP contribution in [0, 0.1) is 0 Å². The fourth-order valence-electron chi connectivity index (χ4n) is 2.12. The van der Waals surface area contributed by atoms with Crippen molar-refractivity contribution >= 4 is 35.8 Å². The van der Waals surface area contributed by atoms with E-state index in [1.807, 2.05) is 31.2 Å². The first-order valence-corrected chi connectivity index (χ1v) is 8.60. The minimum Gasteiger partial charge on any atom is -0.357 e. The van der Waals surface area contributed by atoms with E-state index in [1.54, 1.807) is 0 Å². The van der Waals surface area contributed by atoms with Crippen LogP contribution >= 0.6 is 24.0 Å². The highest BCUT2D eigenvalue weighted by Gasteiger charge is 2.03. The van der Waals surface area contributed by atoms with Gasteiger partial charge in [-0.25, -0.2) is 4.99 Å². The molecule has 0 aromatic heterocycles. The minimum absolute atomic E-state index is 0. The average Bonchev–Trinajstić information content (AvgIpc) is 2.57. The summed E-state index contributed by atoms with van der Waals surface area (Å²) in [5, 5.41) is 9.39. The first kappa shape index (κ1) is 22.7. The van der Waals surface area contributed by atoms with Crippen LogP contribution in [0.1, 0.15) is 56.0 Å². The molecule has 0 atom stereocenters. The van der Waals surface area contributed by atoms with Gasteiger partial charge in [0, 0.05) is 25.2 Å². The largest absolute Gasteiger partial charge is 0.357 e. The number of nitrogens with one attached hydrogen (secondary N) is 3. The molecule has 1 aromatic rings. The van der Waals surface area contributed by atoms with Crippen LogP contribution in [0.25, 0.3) is 0 Å². The highest BCUT2D eigenvalue weighted by molar-refractivity contribution is 14.0. The Bertz CT molecular complexity index is 488. The maximum Gasteiger partial charge on any atom is 0.251 e. The Balaban J connectivity index is 0.00000529. The van der Waals surface area contributed by atoms with E-state index in [4.69, 9.17) is 0 Å². The quantitative estimate of drug-likeness (QED) is 0.236. The Morgan fingerprint density at radius 3 is 2.21 bits per heavy atom. The van der Waals surface area contributed by atoms with Crippen molar-refractivity contribution in [3.8, 4) is 0 Å². The maximum atomic E-state index is 11.7. The molecule has 1 rings (SSSR count). The van der Waals surface area contributed by atoms with Crippen molar-refractivity contribution < 1.29 is 4.79 Å². The van der Waals surface area contributed by atoms with Crippen LogP contribution in [0.15, 0.2) is 29.3 Å². The third-order valence-electron chi connectivity index (χ3n) is 3.39. The van der Waals surface area contributed by atoms with Gasteiger partial charge >= 0.3 is 0 Å². The van der Waals surface area contributed by atoms with Crippen LogP contribution < -0.4 is 16.0 Å². The Morgan fingerprint density at radius 1 is 0.958 bits per heavy atom. The van der Waals surface area contributed by atoms with Gasteiger partial charge in [-0.3, -0.25) is 4.79 Å². The van der Waals surface area contributed by atoms with Crippen molar-refractivity contribution in [2.45, 2.75) is 46.6 Å². The summed E-state index contributed by atoms with van der Waals surface area (Å²) in [4.78, 5) is 16.3. The standard InChI is InChI=1S/C18H30N4O.HI/c1-4-7-8-13-21-18(20-6-3)22-14-15-9-11-16(12-10-15)17(23)19-5-2;/h9-12H,4-8,13-14H2,1-3H3,(H,19,23)(H2,20,21,22);1H. The van der Waals surface area contributed by atoms with Gasteiger partial charge in [0.15, 0.2) is 5.96 Å². The molecule has 0 unspecified atom stereocenters. The van der Waals surface area contributed by atoms with Gasteiger partial charge in [-0.2, -0.15) is 0 Å². The number of hydrogen-bond donors (Lipinski definition) is 3. The van der Waals surface area contributed by atoms with Crippen LogP contribution in [-0.4, -0.2) is 31.5 Å². The molecular weight excluding hydrogens is 415 g/mol. The number of guanidine groups is 1. The molecule has 136 valence electrons. The molecule has 6 heteroatoms. The summed E-state index contributed by atoms with van der Waals surface area (Å²) in [6.45, 7) is 9.19. The van der Waals surface area contributed by atoms with E-state index in [0.29, 0.717) is 18.7 Å². The van der Waals surface area contributed by atoms with Gasteiger partial charge < -0.3 is 16.0 Å². The molecule has 3 N–H and O–H groups in total. The zero-order chi connectivity index (χ0) is 16.9. The number of halogens is 1. The summed E-state index contributed by atoms with van der Waals surface area (Å²) < 4.78 is 0. The second-order valence-corrected chi connectivity index (χ2v) is 5.39. The second kappa shape index (κ2) is 14.1.